The molecule has 7 heteroatoms. The van der Waals surface area contributed by atoms with Gasteiger partial charge in [0.05, 0.1) is 6.20 Å². The molecular formula is C12H20N4O2S. The number of rotatable bonds is 3. The molecule has 2 N–H and O–H groups in total. The molecule has 2 aliphatic heterocycles. The van der Waals surface area contributed by atoms with E-state index in [1.54, 1.807) is 4.31 Å². The van der Waals surface area contributed by atoms with Gasteiger partial charge in [-0.2, -0.15) is 9.40 Å². The zero-order valence-corrected chi connectivity index (χ0v) is 11.7. The molecule has 106 valence electrons. The predicted molar refractivity (Wildman–Crippen MR) is 71.1 cm³/mol. The van der Waals surface area contributed by atoms with Gasteiger partial charge in [-0.1, -0.05) is 6.42 Å². The van der Waals surface area contributed by atoms with Gasteiger partial charge in [0.1, 0.15) is 4.90 Å². The number of hydrogen-bond donors (Lipinski definition) is 2. The second kappa shape index (κ2) is 5.22. The van der Waals surface area contributed by atoms with E-state index in [1.807, 2.05) is 0 Å². The fourth-order valence-corrected chi connectivity index (χ4v) is 4.82. The van der Waals surface area contributed by atoms with Crippen LogP contribution in [0.1, 0.15) is 32.1 Å². The zero-order valence-electron chi connectivity index (χ0n) is 10.9. The Labute approximate surface area is 113 Å². The van der Waals surface area contributed by atoms with Crippen molar-refractivity contribution >= 4 is 10.0 Å². The lowest BCUT2D eigenvalue weighted by Crippen LogP contribution is -2.52. The van der Waals surface area contributed by atoms with Gasteiger partial charge in [-0.05, 0) is 32.2 Å². The molecule has 0 amide bonds. The average molecular weight is 284 g/mol. The van der Waals surface area contributed by atoms with E-state index >= 15 is 0 Å². The average Bonchev–Trinajstić information content (AvgIpc) is 3.12. The lowest BCUT2D eigenvalue weighted by molar-refractivity contribution is 0.211. The second-order valence-electron chi connectivity index (χ2n) is 5.32. The molecule has 0 spiro atoms. The van der Waals surface area contributed by atoms with E-state index in [1.165, 1.54) is 12.4 Å². The quantitative estimate of drug-likeness (QED) is 0.856. The van der Waals surface area contributed by atoms with Crippen molar-refractivity contribution < 1.29 is 8.42 Å². The number of aromatic amines is 1. The number of aromatic nitrogens is 2. The van der Waals surface area contributed by atoms with Gasteiger partial charge in [-0.15, -0.1) is 0 Å². The summed E-state index contributed by atoms with van der Waals surface area (Å²) < 4.78 is 27.0. The smallest absolute Gasteiger partial charge is 0.246 e. The van der Waals surface area contributed by atoms with E-state index in [0.717, 1.165) is 38.6 Å². The SMILES string of the molecule is O=S(=O)(c1cn[nH]c1)N1CCCCC1C1CCCN1. The number of H-pyrrole nitrogens is 1. The van der Waals surface area contributed by atoms with Gasteiger partial charge in [-0.3, -0.25) is 5.10 Å². The van der Waals surface area contributed by atoms with Crippen molar-refractivity contribution in [2.24, 2.45) is 0 Å². The summed E-state index contributed by atoms with van der Waals surface area (Å²) in [5, 5.41) is 9.79. The van der Waals surface area contributed by atoms with Crippen molar-refractivity contribution in [2.75, 3.05) is 13.1 Å². The van der Waals surface area contributed by atoms with Crippen LogP contribution in [0.2, 0.25) is 0 Å². The summed E-state index contributed by atoms with van der Waals surface area (Å²) >= 11 is 0. The highest BCUT2D eigenvalue weighted by atomic mass is 32.2. The van der Waals surface area contributed by atoms with Gasteiger partial charge < -0.3 is 5.32 Å². The summed E-state index contributed by atoms with van der Waals surface area (Å²) in [5.41, 5.74) is 0. The Morgan fingerprint density at radius 1 is 1.26 bits per heavy atom. The van der Waals surface area contributed by atoms with Gasteiger partial charge in [0, 0.05) is 24.8 Å². The molecule has 0 aromatic carbocycles. The molecule has 2 fully saturated rings. The van der Waals surface area contributed by atoms with E-state index in [9.17, 15) is 8.42 Å². The third kappa shape index (κ3) is 2.42. The van der Waals surface area contributed by atoms with E-state index < -0.39 is 10.0 Å². The monoisotopic (exact) mass is 284 g/mol. The normalized spacial score (nSPS) is 29.7. The number of piperidine rings is 1. The summed E-state index contributed by atoms with van der Waals surface area (Å²) in [4.78, 5) is 0.275. The number of hydrogen-bond acceptors (Lipinski definition) is 4. The molecule has 6 nitrogen and oxygen atoms in total. The first-order chi connectivity index (χ1) is 9.19. The largest absolute Gasteiger partial charge is 0.312 e. The molecule has 0 radical (unpaired) electrons. The van der Waals surface area contributed by atoms with Crippen LogP contribution in [0.15, 0.2) is 17.3 Å². The third-order valence-corrected chi connectivity index (χ3v) is 6.03. The zero-order chi connectivity index (χ0) is 13.3. The van der Waals surface area contributed by atoms with E-state index in [2.05, 4.69) is 15.5 Å². The summed E-state index contributed by atoms with van der Waals surface area (Å²) in [5.74, 6) is 0. The van der Waals surface area contributed by atoms with Gasteiger partial charge in [0.2, 0.25) is 10.0 Å². The van der Waals surface area contributed by atoms with Crippen LogP contribution in [-0.4, -0.2) is 48.1 Å². The maximum absolute atomic E-state index is 12.7. The predicted octanol–water partition coefficient (Wildman–Crippen LogP) is 0.705. The highest BCUT2D eigenvalue weighted by Gasteiger charge is 2.38. The van der Waals surface area contributed by atoms with Crippen LogP contribution >= 0.6 is 0 Å². The highest BCUT2D eigenvalue weighted by molar-refractivity contribution is 7.89. The summed E-state index contributed by atoms with van der Waals surface area (Å²) in [6.07, 6.45) is 8.07. The van der Waals surface area contributed by atoms with E-state index in [-0.39, 0.29) is 10.9 Å². The Morgan fingerprint density at radius 3 is 2.84 bits per heavy atom. The molecule has 3 heterocycles. The Morgan fingerprint density at radius 2 is 2.16 bits per heavy atom. The van der Waals surface area contributed by atoms with Gasteiger partial charge >= 0.3 is 0 Å². The van der Waals surface area contributed by atoms with Crippen molar-refractivity contribution in [1.82, 2.24) is 19.8 Å². The highest BCUT2D eigenvalue weighted by Crippen LogP contribution is 2.29. The Hall–Kier alpha value is -0.920. The lowest BCUT2D eigenvalue weighted by Gasteiger charge is -2.37. The van der Waals surface area contributed by atoms with Gasteiger partial charge in [-0.25, -0.2) is 8.42 Å². The standard InChI is InChI=1S/C12H20N4O2S/c17-19(18,10-8-14-15-9-10)16-7-2-1-5-12(16)11-4-3-6-13-11/h8-9,11-13H,1-7H2,(H,14,15). The molecule has 19 heavy (non-hydrogen) atoms. The maximum Gasteiger partial charge on any atom is 0.246 e. The molecule has 3 rings (SSSR count). The molecule has 1 aromatic heterocycles. The Kier molecular flexibility index (Phi) is 3.60. The van der Waals surface area contributed by atoms with Crippen molar-refractivity contribution in [2.45, 2.75) is 49.1 Å². The summed E-state index contributed by atoms with van der Waals surface area (Å²) in [7, 11) is -3.41. The molecule has 0 saturated carbocycles. The molecule has 1 aromatic rings. The van der Waals surface area contributed by atoms with Crippen LogP contribution in [-0.2, 0) is 10.0 Å². The molecule has 0 bridgehead atoms. The fraction of sp³-hybridized carbons (Fsp3) is 0.750. The molecule has 2 saturated heterocycles. The third-order valence-electron chi connectivity index (χ3n) is 4.14. The van der Waals surface area contributed by atoms with Crippen molar-refractivity contribution in [3.8, 4) is 0 Å². The second-order valence-corrected chi connectivity index (χ2v) is 7.21. The van der Waals surface area contributed by atoms with Crippen LogP contribution in [0, 0.1) is 0 Å². The first kappa shape index (κ1) is 13.1. The Bertz CT molecular complexity index is 508. The molecule has 2 atom stereocenters. The molecule has 0 aliphatic carbocycles. The van der Waals surface area contributed by atoms with E-state index in [4.69, 9.17) is 0 Å². The molecule has 2 unspecified atom stereocenters. The first-order valence-corrected chi connectivity index (χ1v) is 8.37. The van der Waals surface area contributed by atoms with Crippen LogP contribution in [0.5, 0.6) is 0 Å². The van der Waals surface area contributed by atoms with E-state index in [0.29, 0.717) is 12.6 Å². The maximum atomic E-state index is 12.7. The minimum atomic E-state index is -3.41. The minimum absolute atomic E-state index is 0.0937. The van der Waals surface area contributed by atoms with Crippen LogP contribution in [0.3, 0.4) is 0 Å². The number of nitrogens with zero attached hydrogens (tertiary/aromatic N) is 2. The topological polar surface area (TPSA) is 78.1 Å². The van der Waals surface area contributed by atoms with Crippen LogP contribution in [0.4, 0.5) is 0 Å². The van der Waals surface area contributed by atoms with Crippen molar-refractivity contribution in [1.29, 1.82) is 0 Å². The Balaban J connectivity index is 1.87. The number of nitrogens with one attached hydrogen (secondary N) is 2. The first-order valence-electron chi connectivity index (χ1n) is 6.93. The lowest BCUT2D eigenvalue weighted by atomic mass is 9.97. The number of sulfonamides is 1. The molecular weight excluding hydrogens is 264 g/mol. The fourth-order valence-electron chi connectivity index (χ4n) is 3.19. The van der Waals surface area contributed by atoms with Crippen LogP contribution < -0.4 is 5.32 Å². The summed E-state index contributed by atoms with van der Waals surface area (Å²) in [6.45, 7) is 1.62. The summed E-state index contributed by atoms with van der Waals surface area (Å²) in [6, 6.07) is 0.401. The van der Waals surface area contributed by atoms with Crippen molar-refractivity contribution in [3.05, 3.63) is 12.4 Å². The molecule has 2 aliphatic rings. The minimum Gasteiger partial charge on any atom is -0.312 e. The van der Waals surface area contributed by atoms with Crippen molar-refractivity contribution in [3.63, 3.8) is 0 Å². The van der Waals surface area contributed by atoms with Crippen LogP contribution in [0.25, 0.3) is 0 Å². The van der Waals surface area contributed by atoms with Gasteiger partial charge in [0.15, 0.2) is 0 Å². The van der Waals surface area contributed by atoms with Gasteiger partial charge in [0.25, 0.3) is 0 Å².